The van der Waals surface area contributed by atoms with Gasteiger partial charge in [0.15, 0.2) is 5.78 Å². The van der Waals surface area contributed by atoms with E-state index in [1.807, 2.05) is 0 Å². The second kappa shape index (κ2) is 2.53. The van der Waals surface area contributed by atoms with Crippen LogP contribution in [-0.2, 0) is 4.79 Å². The fraction of sp³-hybridized carbons (Fsp3) is 0.571. The molecule has 1 rings (SSSR count). The van der Waals surface area contributed by atoms with Crippen LogP contribution in [0, 0.1) is 0 Å². The van der Waals surface area contributed by atoms with Crippen LogP contribution in [0.1, 0.15) is 26.2 Å². The lowest BCUT2D eigenvalue weighted by Crippen LogP contribution is -1.92. The summed E-state index contributed by atoms with van der Waals surface area (Å²) in [6.07, 6.45) is 2.83. The van der Waals surface area contributed by atoms with Gasteiger partial charge in [0.05, 0.1) is 0 Å². The summed E-state index contributed by atoms with van der Waals surface area (Å²) < 4.78 is 0. The van der Waals surface area contributed by atoms with Crippen molar-refractivity contribution in [2.24, 2.45) is 0 Å². The first-order valence-electron chi connectivity index (χ1n) is 3.10. The molecule has 0 atom stereocenters. The van der Waals surface area contributed by atoms with Gasteiger partial charge in [0.2, 0.25) is 0 Å². The Bertz CT molecular complexity index is 170. The Labute approximate surface area is 59.7 Å². The van der Waals surface area contributed by atoms with Crippen LogP contribution in [0.15, 0.2) is 10.6 Å². The molecule has 1 aliphatic rings. The van der Waals surface area contributed by atoms with Gasteiger partial charge >= 0.3 is 0 Å². The summed E-state index contributed by atoms with van der Waals surface area (Å²) in [6, 6.07) is 0. The Morgan fingerprint density at radius 2 is 2.22 bits per heavy atom. The number of halogens is 1. The molecule has 0 spiro atoms. The molecule has 0 aromatic carbocycles. The van der Waals surface area contributed by atoms with Gasteiger partial charge in [-0.05, 0) is 26.2 Å². The summed E-state index contributed by atoms with van der Waals surface area (Å²) >= 11 is 5.73. The lowest BCUT2D eigenvalue weighted by molar-refractivity contribution is -0.113. The number of rotatable bonds is 1. The lowest BCUT2D eigenvalue weighted by atomic mass is 10.2. The molecule has 0 N–H and O–H groups in total. The van der Waals surface area contributed by atoms with Crippen molar-refractivity contribution >= 4 is 17.4 Å². The van der Waals surface area contributed by atoms with E-state index >= 15 is 0 Å². The van der Waals surface area contributed by atoms with E-state index in [0.29, 0.717) is 0 Å². The number of carbonyl (C=O) groups excluding carboxylic acids is 1. The van der Waals surface area contributed by atoms with Gasteiger partial charge in [0, 0.05) is 10.6 Å². The van der Waals surface area contributed by atoms with Crippen LogP contribution in [0.4, 0.5) is 0 Å². The minimum atomic E-state index is 0.137. The Morgan fingerprint density at radius 1 is 1.56 bits per heavy atom. The molecule has 0 aromatic heterocycles. The fourth-order valence-electron chi connectivity index (χ4n) is 1.07. The van der Waals surface area contributed by atoms with Crippen molar-refractivity contribution in [3.63, 3.8) is 0 Å². The average molecular weight is 145 g/mol. The summed E-state index contributed by atoms with van der Waals surface area (Å²) in [5.74, 6) is 0.137. The second-order valence-electron chi connectivity index (χ2n) is 2.29. The number of hydrogen-bond donors (Lipinski definition) is 0. The van der Waals surface area contributed by atoms with E-state index in [1.165, 1.54) is 0 Å². The van der Waals surface area contributed by atoms with E-state index < -0.39 is 0 Å². The van der Waals surface area contributed by atoms with Crippen molar-refractivity contribution in [3.8, 4) is 0 Å². The predicted octanol–water partition coefficient (Wildman–Crippen LogP) is 2.25. The van der Waals surface area contributed by atoms with Gasteiger partial charge in [-0.3, -0.25) is 4.79 Å². The highest BCUT2D eigenvalue weighted by Gasteiger charge is 2.15. The summed E-state index contributed by atoms with van der Waals surface area (Å²) in [6.45, 7) is 1.57. The maximum atomic E-state index is 10.7. The third kappa shape index (κ3) is 1.33. The third-order valence-electron chi connectivity index (χ3n) is 1.58. The van der Waals surface area contributed by atoms with Crippen molar-refractivity contribution < 1.29 is 4.79 Å². The van der Waals surface area contributed by atoms with Gasteiger partial charge in [-0.25, -0.2) is 0 Å². The second-order valence-corrected chi connectivity index (χ2v) is 2.75. The molecule has 0 fully saturated rings. The molecular weight excluding hydrogens is 136 g/mol. The van der Waals surface area contributed by atoms with Gasteiger partial charge in [-0.1, -0.05) is 11.6 Å². The van der Waals surface area contributed by atoms with E-state index in [2.05, 4.69) is 0 Å². The number of ketones is 1. The molecule has 1 aliphatic carbocycles. The first-order chi connectivity index (χ1) is 4.22. The molecule has 9 heavy (non-hydrogen) atoms. The van der Waals surface area contributed by atoms with Crippen molar-refractivity contribution in [2.75, 3.05) is 0 Å². The zero-order chi connectivity index (χ0) is 6.85. The summed E-state index contributed by atoms with van der Waals surface area (Å²) in [4.78, 5) is 10.7. The summed E-state index contributed by atoms with van der Waals surface area (Å²) in [7, 11) is 0. The van der Waals surface area contributed by atoms with Crippen molar-refractivity contribution in [1.82, 2.24) is 0 Å². The molecule has 1 nitrogen and oxygen atoms in total. The predicted molar refractivity (Wildman–Crippen MR) is 37.4 cm³/mol. The Balaban J connectivity index is 2.78. The largest absolute Gasteiger partial charge is 0.295 e. The molecule has 0 amide bonds. The number of allylic oxidation sites excluding steroid dienone is 2. The van der Waals surface area contributed by atoms with E-state index in [1.54, 1.807) is 6.92 Å². The van der Waals surface area contributed by atoms with Crippen molar-refractivity contribution in [1.29, 1.82) is 0 Å². The normalized spacial score (nSPS) is 18.9. The Morgan fingerprint density at radius 3 is 2.44 bits per heavy atom. The zero-order valence-electron chi connectivity index (χ0n) is 5.41. The molecule has 0 saturated heterocycles. The van der Waals surface area contributed by atoms with Crippen LogP contribution in [0.2, 0.25) is 0 Å². The van der Waals surface area contributed by atoms with Gasteiger partial charge in [0.1, 0.15) is 0 Å². The smallest absolute Gasteiger partial charge is 0.156 e. The van der Waals surface area contributed by atoms with Crippen molar-refractivity contribution in [3.05, 3.63) is 10.6 Å². The molecule has 0 bridgehead atoms. The Kier molecular flexibility index (Phi) is 1.91. The molecule has 0 radical (unpaired) electrons. The first-order valence-corrected chi connectivity index (χ1v) is 3.48. The van der Waals surface area contributed by atoms with Gasteiger partial charge < -0.3 is 0 Å². The molecule has 50 valence electrons. The molecule has 0 unspecified atom stereocenters. The maximum absolute atomic E-state index is 10.7. The molecule has 0 saturated carbocycles. The van der Waals surface area contributed by atoms with Crippen LogP contribution < -0.4 is 0 Å². The van der Waals surface area contributed by atoms with Crippen LogP contribution in [0.5, 0.6) is 0 Å². The average Bonchev–Trinajstić information content (AvgIpc) is 2.13. The van der Waals surface area contributed by atoms with Gasteiger partial charge in [-0.2, -0.15) is 0 Å². The highest BCUT2D eigenvalue weighted by Crippen LogP contribution is 2.28. The lowest BCUT2D eigenvalue weighted by Gasteiger charge is -1.92. The van der Waals surface area contributed by atoms with Crippen LogP contribution in [0.25, 0.3) is 0 Å². The van der Waals surface area contributed by atoms with Gasteiger partial charge in [0.25, 0.3) is 0 Å². The van der Waals surface area contributed by atoms with Crippen LogP contribution >= 0.6 is 11.6 Å². The minimum Gasteiger partial charge on any atom is -0.295 e. The zero-order valence-corrected chi connectivity index (χ0v) is 6.16. The first kappa shape index (κ1) is 6.81. The summed E-state index contributed by atoms with van der Waals surface area (Å²) in [5.41, 5.74) is 0.844. The van der Waals surface area contributed by atoms with Gasteiger partial charge in [-0.15, -0.1) is 0 Å². The maximum Gasteiger partial charge on any atom is 0.156 e. The molecule has 0 aromatic rings. The van der Waals surface area contributed by atoms with E-state index in [0.717, 1.165) is 29.9 Å². The molecule has 0 aliphatic heterocycles. The highest BCUT2D eigenvalue weighted by molar-refractivity contribution is 6.32. The Hall–Kier alpha value is -0.300. The fourth-order valence-corrected chi connectivity index (χ4v) is 1.44. The van der Waals surface area contributed by atoms with Crippen molar-refractivity contribution in [2.45, 2.75) is 26.2 Å². The monoisotopic (exact) mass is 144 g/mol. The number of Topliss-reactive ketones (excluding diaryl/α,β-unsaturated/α-hetero) is 1. The topological polar surface area (TPSA) is 17.1 Å². The molecular formula is C7H9ClO. The van der Waals surface area contributed by atoms with E-state index in [9.17, 15) is 4.79 Å². The van der Waals surface area contributed by atoms with E-state index in [-0.39, 0.29) is 5.78 Å². The van der Waals surface area contributed by atoms with Crippen LogP contribution in [0.3, 0.4) is 0 Å². The highest BCUT2D eigenvalue weighted by atomic mass is 35.5. The minimum absolute atomic E-state index is 0.137. The third-order valence-corrected chi connectivity index (χ3v) is 1.99. The van der Waals surface area contributed by atoms with E-state index in [4.69, 9.17) is 11.6 Å². The number of carbonyl (C=O) groups is 1. The van der Waals surface area contributed by atoms with Crippen LogP contribution in [-0.4, -0.2) is 5.78 Å². The summed E-state index contributed by atoms with van der Waals surface area (Å²) in [5, 5.41) is 0.780. The number of hydrogen-bond acceptors (Lipinski definition) is 1. The standard InChI is InChI=1S/C7H9ClO/c1-5(9)6-3-2-4-7(6)8/h2-4H2,1H3. The SMILES string of the molecule is CC(=O)C1=C(Cl)CCC1. The molecule has 0 heterocycles. The quantitative estimate of drug-likeness (QED) is 0.552. The molecule has 2 heteroatoms.